The van der Waals surface area contributed by atoms with Crippen LogP contribution in [0.25, 0.3) is 0 Å². The second-order valence-electron chi connectivity index (χ2n) is 4.81. The Kier molecular flexibility index (Phi) is 4.44. The maximum absolute atomic E-state index is 5.77. The number of nitrogens with two attached hydrogens (primary N) is 1. The average Bonchev–Trinajstić information content (AvgIpc) is 2.41. The summed E-state index contributed by atoms with van der Waals surface area (Å²) >= 11 is 0. The third-order valence-corrected chi connectivity index (χ3v) is 3.50. The van der Waals surface area contributed by atoms with Crippen molar-refractivity contribution in [2.75, 3.05) is 33.0 Å². The Morgan fingerprint density at radius 3 is 2.94 bits per heavy atom. The van der Waals surface area contributed by atoms with E-state index in [0.29, 0.717) is 6.10 Å². The summed E-state index contributed by atoms with van der Waals surface area (Å²) in [6.45, 7) is 3.00. The second kappa shape index (κ2) is 6.07. The first-order valence-corrected chi connectivity index (χ1v) is 6.40. The van der Waals surface area contributed by atoms with Gasteiger partial charge in [0, 0.05) is 37.5 Å². The van der Waals surface area contributed by atoms with Crippen LogP contribution < -0.4 is 10.5 Å². The molecule has 0 aromatic heterocycles. The van der Waals surface area contributed by atoms with Crippen molar-refractivity contribution in [1.29, 1.82) is 0 Å². The molecule has 0 aliphatic carbocycles. The van der Waals surface area contributed by atoms with Crippen molar-refractivity contribution < 1.29 is 9.47 Å². The smallest absolute Gasteiger partial charge is 0.125 e. The zero-order valence-electron chi connectivity index (χ0n) is 11.2. The Morgan fingerprint density at radius 2 is 2.22 bits per heavy atom. The fourth-order valence-electron chi connectivity index (χ4n) is 2.48. The summed E-state index contributed by atoms with van der Waals surface area (Å²) in [5.74, 6) is 0.870. The first-order valence-electron chi connectivity index (χ1n) is 6.40. The number of methoxy groups -OCH3 is 2. The Bertz CT molecular complexity index is 395. The normalized spacial score (nSPS) is 20.9. The summed E-state index contributed by atoms with van der Waals surface area (Å²) in [6.07, 6.45) is 2.71. The molecule has 0 radical (unpaired) electrons. The second-order valence-corrected chi connectivity index (χ2v) is 4.81. The summed E-state index contributed by atoms with van der Waals surface area (Å²) in [4.78, 5) is 2.41. The van der Waals surface area contributed by atoms with Crippen molar-refractivity contribution in [2.24, 2.45) is 0 Å². The lowest BCUT2D eigenvalue weighted by Gasteiger charge is -2.32. The zero-order valence-corrected chi connectivity index (χ0v) is 11.2. The minimum atomic E-state index is 0.360. The van der Waals surface area contributed by atoms with E-state index >= 15 is 0 Å². The van der Waals surface area contributed by atoms with E-state index in [4.69, 9.17) is 15.2 Å². The quantitative estimate of drug-likeness (QED) is 0.829. The first kappa shape index (κ1) is 13.2. The SMILES string of the molecule is COc1cc(N)ccc1CN1CCCC(OC)C1. The Labute approximate surface area is 109 Å². The van der Waals surface area contributed by atoms with Gasteiger partial charge in [-0.2, -0.15) is 0 Å². The van der Waals surface area contributed by atoms with Crippen LogP contribution in [-0.2, 0) is 11.3 Å². The molecule has 100 valence electrons. The highest BCUT2D eigenvalue weighted by atomic mass is 16.5. The number of ether oxygens (including phenoxy) is 2. The van der Waals surface area contributed by atoms with Gasteiger partial charge in [0.1, 0.15) is 5.75 Å². The lowest BCUT2D eigenvalue weighted by molar-refractivity contribution is 0.0283. The van der Waals surface area contributed by atoms with Gasteiger partial charge in [0.15, 0.2) is 0 Å². The number of nitrogen functional groups attached to an aromatic ring is 1. The van der Waals surface area contributed by atoms with Crippen LogP contribution >= 0.6 is 0 Å². The monoisotopic (exact) mass is 250 g/mol. The van der Waals surface area contributed by atoms with Crippen molar-refractivity contribution in [3.8, 4) is 5.75 Å². The van der Waals surface area contributed by atoms with Gasteiger partial charge in [-0.3, -0.25) is 4.90 Å². The molecule has 0 amide bonds. The molecule has 1 atom stereocenters. The Balaban J connectivity index is 2.04. The number of rotatable bonds is 4. The summed E-state index contributed by atoms with van der Waals surface area (Å²) in [7, 11) is 3.48. The van der Waals surface area contributed by atoms with Gasteiger partial charge in [-0.1, -0.05) is 6.07 Å². The zero-order chi connectivity index (χ0) is 13.0. The predicted molar refractivity (Wildman–Crippen MR) is 72.7 cm³/mol. The van der Waals surface area contributed by atoms with E-state index in [2.05, 4.69) is 4.90 Å². The molecule has 4 heteroatoms. The molecule has 1 aliphatic rings. The molecule has 18 heavy (non-hydrogen) atoms. The Morgan fingerprint density at radius 1 is 1.39 bits per heavy atom. The van der Waals surface area contributed by atoms with Crippen molar-refractivity contribution in [3.05, 3.63) is 23.8 Å². The topological polar surface area (TPSA) is 47.7 Å². The standard InChI is InChI=1S/C14H22N2O2/c1-17-13-4-3-7-16(10-13)9-11-5-6-12(15)8-14(11)18-2/h5-6,8,13H,3-4,7,9-10,15H2,1-2H3. The summed E-state index contributed by atoms with van der Waals surface area (Å²) in [6, 6.07) is 5.85. The number of piperidine rings is 1. The number of likely N-dealkylation sites (tertiary alicyclic amines) is 1. The van der Waals surface area contributed by atoms with Gasteiger partial charge in [-0.25, -0.2) is 0 Å². The van der Waals surface area contributed by atoms with Crippen molar-refractivity contribution in [2.45, 2.75) is 25.5 Å². The lowest BCUT2D eigenvalue weighted by Crippen LogP contribution is -2.38. The van der Waals surface area contributed by atoms with E-state index in [1.54, 1.807) is 14.2 Å². The molecule has 1 saturated heterocycles. The molecule has 1 fully saturated rings. The number of nitrogens with zero attached hydrogens (tertiary/aromatic N) is 1. The molecule has 0 saturated carbocycles. The van der Waals surface area contributed by atoms with E-state index in [1.165, 1.54) is 12.0 Å². The van der Waals surface area contributed by atoms with Crippen LogP contribution in [0.15, 0.2) is 18.2 Å². The highest BCUT2D eigenvalue weighted by Crippen LogP contribution is 2.24. The van der Waals surface area contributed by atoms with E-state index < -0.39 is 0 Å². The largest absolute Gasteiger partial charge is 0.496 e. The molecule has 1 aromatic carbocycles. The van der Waals surface area contributed by atoms with Gasteiger partial charge in [0.25, 0.3) is 0 Å². The van der Waals surface area contributed by atoms with Crippen LogP contribution in [0.1, 0.15) is 18.4 Å². The van der Waals surface area contributed by atoms with E-state index in [-0.39, 0.29) is 0 Å². The third kappa shape index (κ3) is 3.15. The van der Waals surface area contributed by atoms with Crippen LogP contribution in [0.2, 0.25) is 0 Å². The fourth-order valence-corrected chi connectivity index (χ4v) is 2.48. The highest BCUT2D eigenvalue weighted by Gasteiger charge is 2.20. The molecule has 4 nitrogen and oxygen atoms in total. The van der Waals surface area contributed by atoms with Gasteiger partial charge in [0.2, 0.25) is 0 Å². The molecule has 0 bridgehead atoms. The maximum Gasteiger partial charge on any atom is 0.125 e. The minimum Gasteiger partial charge on any atom is -0.496 e. The van der Waals surface area contributed by atoms with Gasteiger partial charge in [0.05, 0.1) is 13.2 Å². The number of anilines is 1. The van der Waals surface area contributed by atoms with Gasteiger partial charge < -0.3 is 15.2 Å². The maximum atomic E-state index is 5.77. The van der Waals surface area contributed by atoms with Crippen LogP contribution in [0.5, 0.6) is 5.75 Å². The van der Waals surface area contributed by atoms with Crippen LogP contribution in [-0.4, -0.2) is 38.3 Å². The lowest BCUT2D eigenvalue weighted by atomic mass is 10.1. The number of benzene rings is 1. The molecule has 1 unspecified atom stereocenters. The number of hydrogen-bond donors (Lipinski definition) is 1. The van der Waals surface area contributed by atoms with E-state index in [9.17, 15) is 0 Å². The highest BCUT2D eigenvalue weighted by molar-refractivity contribution is 5.48. The number of hydrogen-bond acceptors (Lipinski definition) is 4. The summed E-state index contributed by atoms with van der Waals surface area (Å²) < 4.78 is 10.8. The summed E-state index contributed by atoms with van der Waals surface area (Å²) in [5.41, 5.74) is 7.69. The minimum absolute atomic E-state index is 0.360. The molecular formula is C14H22N2O2. The van der Waals surface area contributed by atoms with Gasteiger partial charge in [-0.15, -0.1) is 0 Å². The molecule has 1 aromatic rings. The molecule has 0 spiro atoms. The van der Waals surface area contributed by atoms with Crippen LogP contribution in [0.3, 0.4) is 0 Å². The van der Waals surface area contributed by atoms with Crippen LogP contribution in [0, 0.1) is 0 Å². The van der Waals surface area contributed by atoms with Gasteiger partial charge in [-0.05, 0) is 25.5 Å². The van der Waals surface area contributed by atoms with Crippen LogP contribution in [0.4, 0.5) is 5.69 Å². The van der Waals surface area contributed by atoms with Crippen molar-refractivity contribution in [1.82, 2.24) is 4.90 Å². The van der Waals surface area contributed by atoms with Crippen molar-refractivity contribution >= 4 is 5.69 Å². The first-order chi connectivity index (χ1) is 8.72. The molecular weight excluding hydrogens is 228 g/mol. The van der Waals surface area contributed by atoms with Crippen molar-refractivity contribution in [3.63, 3.8) is 0 Å². The average molecular weight is 250 g/mol. The molecule has 2 rings (SSSR count). The molecule has 1 heterocycles. The van der Waals surface area contributed by atoms with E-state index in [0.717, 1.165) is 37.5 Å². The van der Waals surface area contributed by atoms with E-state index in [1.807, 2.05) is 18.2 Å². The summed E-state index contributed by atoms with van der Waals surface area (Å²) in [5, 5.41) is 0. The Hall–Kier alpha value is -1.26. The predicted octanol–water partition coefficient (Wildman–Crippen LogP) is 1.89. The molecule has 2 N–H and O–H groups in total. The molecule has 1 aliphatic heterocycles. The fraction of sp³-hybridized carbons (Fsp3) is 0.571. The van der Waals surface area contributed by atoms with Gasteiger partial charge >= 0.3 is 0 Å². The third-order valence-electron chi connectivity index (χ3n) is 3.50.